The topological polar surface area (TPSA) is 76.7 Å². The normalized spacial score (nSPS) is 12.1. The van der Waals surface area contributed by atoms with Crippen LogP contribution in [0.4, 0.5) is 9.59 Å². The van der Waals surface area contributed by atoms with Crippen LogP contribution in [0.3, 0.4) is 0 Å². The van der Waals surface area contributed by atoms with Crippen molar-refractivity contribution in [1.82, 2.24) is 10.6 Å². The highest BCUT2D eigenvalue weighted by Crippen LogP contribution is 2.07. The van der Waals surface area contributed by atoms with Gasteiger partial charge in [-0.3, -0.25) is 0 Å². The molecule has 0 atom stereocenters. The smallest absolute Gasteiger partial charge is 0.407 e. The second-order valence-electron chi connectivity index (χ2n) is 6.91. The molecule has 0 unspecified atom stereocenters. The molecule has 0 heterocycles. The number of carbonyl (C=O) groups is 2. The van der Waals surface area contributed by atoms with E-state index in [1.54, 1.807) is 0 Å². The molecule has 6 heteroatoms. The summed E-state index contributed by atoms with van der Waals surface area (Å²) >= 11 is 0. The van der Waals surface area contributed by atoms with E-state index in [-0.39, 0.29) is 0 Å². The van der Waals surface area contributed by atoms with Crippen LogP contribution in [0.15, 0.2) is 12.2 Å². The van der Waals surface area contributed by atoms with Crippen molar-refractivity contribution in [2.24, 2.45) is 0 Å². The minimum absolute atomic E-state index is 0.410. The van der Waals surface area contributed by atoms with Crippen LogP contribution in [0.25, 0.3) is 0 Å². The van der Waals surface area contributed by atoms with Gasteiger partial charge >= 0.3 is 12.2 Å². The lowest BCUT2D eigenvalue weighted by Gasteiger charge is -2.19. The Morgan fingerprint density at radius 1 is 0.773 bits per heavy atom. The van der Waals surface area contributed by atoms with Gasteiger partial charge in [-0.15, -0.1) is 0 Å². The molecule has 0 rings (SSSR count). The largest absolute Gasteiger partial charge is 0.444 e. The van der Waals surface area contributed by atoms with Crippen LogP contribution >= 0.6 is 0 Å². The van der Waals surface area contributed by atoms with Crippen molar-refractivity contribution >= 4 is 12.2 Å². The average molecular weight is 314 g/mol. The van der Waals surface area contributed by atoms with E-state index in [0.29, 0.717) is 25.9 Å². The highest BCUT2D eigenvalue weighted by Gasteiger charge is 2.15. The molecule has 0 aliphatic rings. The van der Waals surface area contributed by atoms with Crippen LogP contribution in [0.1, 0.15) is 54.4 Å². The quantitative estimate of drug-likeness (QED) is 0.582. The lowest BCUT2D eigenvalue weighted by molar-refractivity contribution is 0.0516. The minimum atomic E-state index is -0.479. The van der Waals surface area contributed by atoms with Crippen molar-refractivity contribution in [1.29, 1.82) is 0 Å². The highest BCUT2D eigenvalue weighted by molar-refractivity contribution is 5.67. The van der Waals surface area contributed by atoms with Crippen LogP contribution in [0.2, 0.25) is 0 Å². The summed E-state index contributed by atoms with van der Waals surface area (Å²) in [7, 11) is 0. The van der Waals surface area contributed by atoms with Gasteiger partial charge in [0.1, 0.15) is 11.2 Å². The third-order valence-corrected chi connectivity index (χ3v) is 2.13. The Labute approximate surface area is 133 Å². The van der Waals surface area contributed by atoms with Crippen LogP contribution in [-0.2, 0) is 9.47 Å². The predicted octanol–water partition coefficient (Wildman–Crippen LogP) is 3.37. The van der Waals surface area contributed by atoms with E-state index in [1.807, 2.05) is 53.7 Å². The first-order chi connectivity index (χ1) is 9.99. The van der Waals surface area contributed by atoms with Gasteiger partial charge in [-0.2, -0.15) is 0 Å². The van der Waals surface area contributed by atoms with Crippen LogP contribution in [0, 0.1) is 0 Å². The van der Waals surface area contributed by atoms with Gasteiger partial charge in [0.15, 0.2) is 0 Å². The molecule has 0 radical (unpaired) electrons. The Bertz CT molecular complexity index is 343. The van der Waals surface area contributed by atoms with Crippen molar-refractivity contribution in [3.8, 4) is 0 Å². The molecule has 0 saturated carbocycles. The number of hydrogen-bond donors (Lipinski definition) is 2. The van der Waals surface area contributed by atoms with Crippen molar-refractivity contribution in [3.63, 3.8) is 0 Å². The zero-order valence-corrected chi connectivity index (χ0v) is 14.6. The Morgan fingerprint density at radius 3 is 1.36 bits per heavy atom. The van der Waals surface area contributed by atoms with Crippen molar-refractivity contribution in [2.75, 3.05) is 13.1 Å². The molecule has 0 aromatic heterocycles. The number of ether oxygens (including phenoxy) is 2. The highest BCUT2D eigenvalue weighted by atomic mass is 16.6. The first kappa shape index (κ1) is 20.3. The summed E-state index contributed by atoms with van der Waals surface area (Å²) < 4.78 is 10.2. The second kappa shape index (κ2) is 9.33. The SMILES string of the molecule is CC(C)(C)OC(=O)NCC/C=C/CCNC(=O)OC(C)(C)C. The third-order valence-electron chi connectivity index (χ3n) is 2.13. The summed E-state index contributed by atoms with van der Waals surface area (Å²) in [6.45, 7) is 12.0. The fourth-order valence-electron chi connectivity index (χ4n) is 1.38. The molecule has 0 aromatic rings. The number of carbonyl (C=O) groups excluding carboxylic acids is 2. The fourth-order valence-corrected chi connectivity index (χ4v) is 1.38. The summed E-state index contributed by atoms with van der Waals surface area (Å²) in [5, 5.41) is 5.34. The number of hydrogen-bond acceptors (Lipinski definition) is 4. The molecule has 0 saturated heterocycles. The maximum Gasteiger partial charge on any atom is 0.407 e. The van der Waals surface area contributed by atoms with E-state index in [1.165, 1.54) is 0 Å². The van der Waals surface area contributed by atoms with Gasteiger partial charge < -0.3 is 20.1 Å². The molecule has 0 aromatic carbocycles. The zero-order chi connectivity index (χ0) is 17.2. The monoisotopic (exact) mass is 314 g/mol. The molecule has 6 nitrogen and oxygen atoms in total. The van der Waals surface area contributed by atoms with Crippen molar-refractivity contribution in [2.45, 2.75) is 65.6 Å². The van der Waals surface area contributed by atoms with Gasteiger partial charge in [-0.25, -0.2) is 9.59 Å². The van der Waals surface area contributed by atoms with Crippen LogP contribution in [-0.4, -0.2) is 36.5 Å². The van der Waals surface area contributed by atoms with Gasteiger partial charge in [0, 0.05) is 13.1 Å². The number of alkyl carbamates (subject to hydrolysis) is 2. The van der Waals surface area contributed by atoms with E-state index in [2.05, 4.69) is 10.6 Å². The van der Waals surface area contributed by atoms with E-state index < -0.39 is 23.4 Å². The summed E-state index contributed by atoms with van der Waals surface area (Å²) in [6.07, 6.45) is 4.51. The Morgan fingerprint density at radius 2 is 1.09 bits per heavy atom. The molecular formula is C16H30N2O4. The minimum Gasteiger partial charge on any atom is -0.444 e. The standard InChI is InChI=1S/C16H30N2O4/c1-15(2,3)21-13(19)17-11-9-7-8-10-12-18-14(20)22-16(4,5)6/h7-8H,9-12H2,1-6H3,(H,17,19)(H,18,20)/b8-7+. The number of amides is 2. The molecule has 22 heavy (non-hydrogen) atoms. The molecule has 2 N–H and O–H groups in total. The molecule has 0 bridgehead atoms. The molecule has 0 spiro atoms. The summed E-state index contributed by atoms with van der Waals surface area (Å²) in [6, 6.07) is 0. The maximum atomic E-state index is 11.4. The van der Waals surface area contributed by atoms with E-state index in [0.717, 1.165) is 0 Å². The van der Waals surface area contributed by atoms with E-state index in [9.17, 15) is 9.59 Å². The Kier molecular flexibility index (Phi) is 8.60. The Hall–Kier alpha value is -1.72. The predicted molar refractivity (Wildman–Crippen MR) is 86.8 cm³/mol. The number of rotatable bonds is 6. The molecule has 2 amide bonds. The van der Waals surface area contributed by atoms with E-state index in [4.69, 9.17) is 9.47 Å². The molecule has 128 valence electrons. The molecule has 0 aliphatic heterocycles. The summed E-state index contributed by atoms with van der Waals surface area (Å²) in [4.78, 5) is 22.7. The Balaban J connectivity index is 3.60. The van der Waals surface area contributed by atoms with Crippen LogP contribution in [0.5, 0.6) is 0 Å². The molecule has 0 fully saturated rings. The van der Waals surface area contributed by atoms with Crippen molar-refractivity contribution < 1.29 is 19.1 Å². The molecule has 0 aliphatic carbocycles. The van der Waals surface area contributed by atoms with Gasteiger partial charge in [0.25, 0.3) is 0 Å². The second-order valence-corrected chi connectivity index (χ2v) is 6.91. The van der Waals surface area contributed by atoms with Crippen LogP contribution < -0.4 is 10.6 Å². The molecular weight excluding hydrogens is 284 g/mol. The zero-order valence-electron chi connectivity index (χ0n) is 14.6. The van der Waals surface area contributed by atoms with Gasteiger partial charge in [0.2, 0.25) is 0 Å². The summed E-state index contributed by atoms with van der Waals surface area (Å²) in [5.74, 6) is 0. The van der Waals surface area contributed by atoms with Gasteiger partial charge in [-0.1, -0.05) is 12.2 Å². The van der Waals surface area contributed by atoms with Gasteiger partial charge in [-0.05, 0) is 54.4 Å². The first-order valence-electron chi connectivity index (χ1n) is 7.58. The summed E-state index contributed by atoms with van der Waals surface area (Å²) in [5.41, 5.74) is -0.958. The lowest BCUT2D eigenvalue weighted by atomic mass is 10.2. The number of nitrogens with one attached hydrogen (secondary N) is 2. The third kappa shape index (κ3) is 14.7. The first-order valence-corrected chi connectivity index (χ1v) is 7.58. The van der Waals surface area contributed by atoms with Crippen molar-refractivity contribution in [3.05, 3.63) is 12.2 Å². The lowest BCUT2D eigenvalue weighted by Crippen LogP contribution is -2.33. The van der Waals surface area contributed by atoms with Gasteiger partial charge in [0.05, 0.1) is 0 Å². The van der Waals surface area contributed by atoms with E-state index >= 15 is 0 Å². The maximum absolute atomic E-state index is 11.4. The fraction of sp³-hybridized carbons (Fsp3) is 0.750. The average Bonchev–Trinajstić information content (AvgIpc) is 2.27.